The monoisotopic (exact) mass is 228 g/mol. The van der Waals surface area contributed by atoms with Crippen LogP contribution in [0.5, 0.6) is 0 Å². The highest BCUT2D eigenvalue weighted by molar-refractivity contribution is 5.76. The average Bonchev–Trinajstić information content (AvgIpc) is 2.58. The van der Waals surface area contributed by atoms with Crippen LogP contribution >= 0.6 is 0 Å². The normalized spacial score (nSPS) is 29.7. The van der Waals surface area contributed by atoms with Gasteiger partial charge in [0.15, 0.2) is 0 Å². The number of amides is 1. The molecule has 1 saturated carbocycles. The zero-order chi connectivity index (χ0) is 12.2. The van der Waals surface area contributed by atoms with E-state index >= 15 is 0 Å². The summed E-state index contributed by atoms with van der Waals surface area (Å²) < 4.78 is 0. The molecule has 0 aliphatic heterocycles. The van der Waals surface area contributed by atoms with Crippen molar-refractivity contribution in [3.63, 3.8) is 0 Å². The predicted octanol–water partition coefficient (Wildman–Crippen LogP) is 0.605. The van der Waals surface area contributed by atoms with Crippen LogP contribution in [0.1, 0.15) is 32.6 Å². The van der Waals surface area contributed by atoms with Crippen LogP contribution in [0.4, 0.5) is 0 Å². The minimum atomic E-state index is -0.117. The van der Waals surface area contributed by atoms with Gasteiger partial charge < -0.3 is 15.3 Å². The molecule has 1 aliphatic rings. The Morgan fingerprint density at radius 1 is 1.56 bits per heavy atom. The first-order valence-electron chi connectivity index (χ1n) is 6.03. The third-order valence-electron chi connectivity index (χ3n) is 3.56. The number of hydrogen-bond acceptors (Lipinski definition) is 3. The standard InChI is InChI=1S/C12H24N2O2/c1-12(9-15)7-4-5-10(12)13-11(16)6-8-14(2)3/h10,15H,4-9H2,1-3H3,(H,13,16). The molecule has 2 N–H and O–H groups in total. The fraction of sp³-hybridized carbons (Fsp3) is 0.917. The summed E-state index contributed by atoms with van der Waals surface area (Å²) in [6.45, 7) is 2.98. The van der Waals surface area contributed by atoms with E-state index in [1.807, 2.05) is 19.0 Å². The van der Waals surface area contributed by atoms with E-state index in [-0.39, 0.29) is 24.0 Å². The minimum absolute atomic E-state index is 0.0975. The Bertz CT molecular complexity index is 243. The number of carbonyl (C=O) groups is 1. The molecule has 4 heteroatoms. The summed E-state index contributed by atoms with van der Waals surface area (Å²) in [5, 5.41) is 12.4. The Morgan fingerprint density at radius 2 is 2.25 bits per heavy atom. The molecule has 0 spiro atoms. The van der Waals surface area contributed by atoms with E-state index < -0.39 is 0 Å². The highest BCUT2D eigenvalue weighted by atomic mass is 16.3. The van der Waals surface area contributed by atoms with Crippen LogP contribution in [0.3, 0.4) is 0 Å². The van der Waals surface area contributed by atoms with Crippen molar-refractivity contribution in [2.45, 2.75) is 38.6 Å². The van der Waals surface area contributed by atoms with Crippen LogP contribution in [0.15, 0.2) is 0 Å². The number of aliphatic hydroxyl groups excluding tert-OH is 1. The van der Waals surface area contributed by atoms with Gasteiger partial charge >= 0.3 is 0 Å². The quantitative estimate of drug-likeness (QED) is 0.725. The summed E-state index contributed by atoms with van der Waals surface area (Å²) in [6.07, 6.45) is 3.62. The van der Waals surface area contributed by atoms with Crippen molar-refractivity contribution in [3.05, 3.63) is 0 Å². The number of rotatable bonds is 5. The molecule has 0 bridgehead atoms. The van der Waals surface area contributed by atoms with Crippen molar-refractivity contribution in [1.29, 1.82) is 0 Å². The molecule has 0 aromatic rings. The lowest BCUT2D eigenvalue weighted by Crippen LogP contribution is -2.45. The van der Waals surface area contributed by atoms with E-state index in [1.54, 1.807) is 0 Å². The van der Waals surface area contributed by atoms with Crippen molar-refractivity contribution in [1.82, 2.24) is 10.2 Å². The zero-order valence-corrected chi connectivity index (χ0v) is 10.6. The van der Waals surface area contributed by atoms with Crippen LogP contribution in [-0.4, -0.2) is 49.2 Å². The van der Waals surface area contributed by atoms with E-state index in [0.29, 0.717) is 6.42 Å². The lowest BCUT2D eigenvalue weighted by molar-refractivity contribution is -0.122. The summed E-state index contributed by atoms with van der Waals surface area (Å²) in [5.41, 5.74) is -0.117. The molecule has 0 saturated heterocycles. The summed E-state index contributed by atoms with van der Waals surface area (Å²) >= 11 is 0. The molecule has 16 heavy (non-hydrogen) atoms. The summed E-state index contributed by atoms with van der Waals surface area (Å²) in [7, 11) is 3.92. The maximum atomic E-state index is 11.7. The first kappa shape index (κ1) is 13.5. The fourth-order valence-electron chi connectivity index (χ4n) is 2.26. The van der Waals surface area contributed by atoms with E-state index in [9.17, 15) is 9.90 Å². The SMILES string of the molecule is CN(C)CCC(=O)NC1CCCC1(C)CO. The van der Waals surface area contributed by atoms with Gasteiger partial charge in [0.25, 0.3) is 0 Å². The van der Waals surface area contributed by atoms with Crippen LogP contribution in [0.25, 0.3) is 0 Å². The summed E-state index contributed by atoms with van der Waals surface area (Å²) in [4.78, 5) is 13.7. The highest BCUT2D eigenvalue weighted by Crippen LogP contribution is 2.37. The van der Waals surface area contributed by atoms with Crippen LogP contribution in [0, 0.1) is 5.41 Å². The van der Waals surface area contributed by atoms with Crippen LogP contribution in [0.2, 0.25) is 0 Å². The molecule has 0 aromatic carbocycles. The number of nitrogens with zero attached hydrogens (tertiary/aromatic N) is 1. The Kier molecular flexibility index (Phi) is 4.74. The third-order valence-corrected chi connectivity index (χ3v) is 3.56. The lowest BCUT2D eigenvalue weighted by atomic mass is 9.86. The molecular weight excluding hydrogens is 204 g/mol. The number of aliphatic hydroxyl groups is 1. The van der Waals surface area contributed by atoms with E-state index in [1.165, 1.54) is 0 Å². The Hall–Kier alpha value is -0.610. The highest BCUT2D eigenvalue weighted by Gasteiger charge is 2.38. The summed E-state index contributed by atoms with van der Waals surface area (Å²) in [6, 6.07) is 0.146. The van der Waals surface area contributed by atoms with E-state index in [2.05, 4.69) is 12.2 Å². The predicted molar refractivity (Wildman–Crippen MR) is 64.1 cm³/mol. The van der Waals surface area contributed by atoms with Crippen molar-refractivity contribution >= 4 is 5.91 Å². The van der Waals surface area contributed by atoms with Crippen LogP contribution < -0.4 is 5.32 Å². The second-order valence-corrected chi connectivity index (χ2v) is 5.38. The number of carbonyl (C=O) groups excluding carboxylic acids is 1. The van der Waals surface area contributed by atoms with Gasteiger partial charge in [-0.15, -0.1) is 0 Å². The lowest BCUT2D eigenvalue weighted by Gasteiger charge is -2.30. The molecule has 1 rings (SSSR count). The first-order valence-corrected chi connectivity index (χ1v) is 6.03. The second-order valence-electron chi connectivity index (χ2n) is 5.38. The second kappa shape index (κ2) is 5.64. The molecule has 1 aliphatic carbocycles. The van der Waals surface area contributed by atoms with Gasteiger partial charge in [0.1, 0.15) is 0 Å². The molecule has 94 valence electrons. The van der Waals surface area contributed by atoms with Crippen molar-refractivity contribution in [2.75, 3.05) is 27.2 Å². The molecule has 1 amide bonds. The van der Waals surface area contributed by atoms with Gasteiger partial charge in [-0.2, -0.15) is 0 Å². The Morgan fingerprint density at radius 3 is 2.81 bits per heavy atom. The van der Waals surface area contributed by atoms with Crippen LogP contribution in [-0.2, 0) is 4.79 Å². The molecule has 4 nitrogen and oxygen atoms in total. The fourth-order valence-corrected chi connectivity index (χ4v) is 2.26. The van der Waals surface area contributed by atoms with Gasteiger partial charge in [0, 0.05) is 24.4 Å². The summed E-state index contributed by atoms with van der Waals surface area (Å²) in [5.74, 6) is 0.0975. The maximum Gasteiger partial charge on any atom is 0.221 e. The third kappa shape index (κ3) is 3.46. The molecular formula is C12H24N2O2. The van der Waals surface area contributed by atoms with Gasteiger partial charge in [-0.05, 0) is 26.9 Å². The minimum Gasteiger partial charge on any atom is -0.396 e. The van der Waals surface area contributed by atoms with Gasteiger partial charge in [-0.3, -0.25) is 4.79 Å². The van der Waals surface area contributed by atoms with Crippen molar-refractivity contribution < 1.29 is 9.90 Å². The average molecular weight is 228 g/mol. The van der Waals surface area contributed by atoms with E-state index in [4.69, 9.17) is 0 Å². The molecule has 2 unspecified atom stereocenters. The van der Waals surface area contributed by atoms with Gasteiger partial charge in [-0.25, -0.2) is 0 Å². The maximum absolute atomic E-state index is 11.7. The van der Waals surface area contributed by atoms with Gasteiger partial charge in [-0.1, -0.05) is 13.3 Å². The molecule has 1 fully saturated rings. The number of nitrogens with one attached hydrogen (secondary N) is 1. The van der Waals surface area contributed by atoms with Crippen molar-refractivity contribution in [2.24, 2.45) is 5.41 Å². The molecule has 0 radical (unpaired) electrons. The molecule has 0 heterocycles. The smallest absolute Gasteiger partial charge is 0.221 e. The largest absolute Gasteiger partial charge is 0.396 e. The van der Waals surface area contributed by atoms with Gasteiger partial charge in [0.05, 0.1) is 6.61 Å². The van der Waals surface area contributed by atoms with E-state index in [0.717, 1.165) is 25.8 Å². The Balaban J connectivity index is 2.38. The molecule has 2 atom stereocenters. The zero-order valence-electron chi connectivity index (χ0n) is 10.6. The topological polar surface area (TPSA) is 52.6 Å². The Labute approximate surface area is 98.0 Å². The number of hydrogen-bond donors (Lipinski definition) is 2. The van der Waals surface area contributed by atoms with Crippen molar-refractivity contribution in [3.8, 4) is 0 Å². The van der Waals surface area contributed by atoms with Gasteiger partial charge in [0.2, 0.25) is 5.91 Å². The first-order chi connectivity index (χ1) is 7.48. The molecule has 0 aromatic heterocycles.